The van der Waals surface area contributed by atoms with Crippen molar-refractivity contribution in [3.8, 4) is 5.75 Å². The summed E-state index contributed by atoms with van der Waals surface area (Å²) in [5.74, 6) is -0.337. The quantitative estimate of drug-likeness (QED) is 0.272. The Bertz CT molecular complexity index is 1140. The van der Waals surface area contributed by atoms with Gasteiger partial charge in [0.1, 0.15) is 5.75 Å². The van der Waals surface area contributed by atoms with Crippen LogP contribution in [0.1, 0.15) is 16.8 Å². The number of hydrogen-bond donors (Lipinski definition) is 2. The molecule has 0 amide bonds. The molecular formula is C20H18N4O5. The molecule has 0 aliphatic heterocycles. The molecule has 1 aromatic heterocycles. The first kappa shape index (κ1) is 19.7. The second-order valence-corrected chi connectivity index (χ2v) is 5.93. The number of nitrogens with one attached hydrogen (secondary N) is 2. The fourth-order valence-electron chi connectivity index (χ4n) is 2.62. The van der Waals surface area contributed by atoms with Crippen LogP contribution in [0.15, 0.2) is 58.4 Å². The number of fused-ring (bicyclic) bond motifs is 1. The number of para-hydroxylation sites is 1. The van der Waals surface area contributed by atoms with E-state index in [-0.39, 0.29) is 23.7 Å². The Morgan fingerprint density at radius 1 is 1.10 bits per heavy atom. The number of ketones is 1. The number of hydrogen-bond acceptors (Lipinski definition) is 8. The number of H-pyrrole nitrogens is 1. The molecule has 0 aliphatic carbocycles. The van der Waals surface area contributed by atoms with Crippen molar-refractivity contribution in [1.82, 2.24) is 9.97 Å². The number of anilines is 1. The molecule has 0 bridgehead atoms. The predicted octanol–water partition coefficient (Wildman–Crippen LogP) is 2.15. The van der Waals surface area contributed by atoms with Gasteiger partial charge in [-0.3, -0.25) is 10.2 Å². The Morgan fingerprint density at radius 3 is 2.52 bits per heavy atom. The van der Waals surface area contributed by atoms with Crippen LogP contribution in [0.5, 0.6) is 5.75 Å². The van der Waals surface area contributed by atoms with E-state index in [1.807, 2.05) is 0 Å². The maximum absolute atomic E-state index is 12.5. The average Bonchev–Trinajstić information content (AvgIpc) is 2.75. The summed E-state index contributed by atoms with van der Waals surface area (Å²) in [4.78, 5) is 42.8. The standard InChI is InChI=1S/C20H18N4O5/c1-28-13-9-7-12(8-10-13)17(25)11-16(19(26)29-2)23-24-18-14-5-3-4-6-15(14)21-20(27)22-18/h3-10H,11H2,1-2H3,(H2,21,22,24,27). The van der Waals surface area contributed by atoms with Crippen molar-refractivity contribution in [3.63, 3.8) is 0 Å². The first-order chi connectivity index (χ1) is 14.0. The first-order valence-electron chi connectivity index (χ1n) is 8.59. The number of methoxy groups -OCH3 is 2. The van der Waals surface area contributed by atoms with Gasteiger partial charge in [0.25, 0.3) is 0 Å². The predicted molar refractivity (Wildman–Crippen MR) is 107 cm³/mol. The van der Waals surface area contributed by atoms with Gasteiger partial charge >= 0.3 is 11.7 Å². The highest BCUT2D eigenvalue weighted by Gasteiger charge is 2.18. The second-order valence-electron chi connectivity index (χ2n) is 5.93. The van der Waals surface area contributed by atoms with Crippen LogP contribution in [-0.4, -0.2) is 41.7 Å². The van der Waals surface area contributed by atoms with Gasteiger partial charge in [-0.1, -0.05) is 12.1 Å². The van der Waals surface area contributed by atoms with Crippen LogP contribution in [-0.2, 0) is 9.53 Å². The maximum atomic E-state index is 12.5. The van der Waals surface area contributed by atoms with E-state index in [1.54, 1.807) is 48.5 Å². The summed E-state index contributed by atoms with van der Waals surface area (Å²) in [6.45, 7) is 0. The Morgan fingerprint density at radius 2 is 1.83 bits per heavy atom. The zero-order valence-electron chi connectivity index (χ0n) is 15.8. The third kappa shape index (κ3) is 4.64. The lowest BCUT2D eigenvalue weighted by atomic mass is 10.1. The monoisotopic (exact) mass is 394 g/mol. The number of aromatic nitrogens is 2. The molecule has 0 fully saturated rings. The van der Waals surface area contributed by atoms with Gasteiger partial charge in [0.05, 0.1) is 26.2 Å². The molecule has 9 heteroatoms. The number of rotatable bonds is 7. The number of esters is 1. The molecule has 148 valence electrons. The fourth-order valence-corrected chi connectivity index (χ4v) is 2.62. The number of carbonyl (C=O) groups excluding carboxylic acids is 2. The lowest BCUT2D eigenvalue weighted by molar-refractivity contribution is -0.132. The third-order valence-corrected chi connectivity index (χ3v) is 4.09. The van der Waals surface area contributed by atoms with Crippen molar-refractivity contribution in [2.45, 2.75) is 6.42 Å². The molecule has 2 aromatic carbocycles. The summed E-state index contributed by atoms with van der Waals surface area (Å²) < 4.78 is 9.78. The van der Waals surface area contributed by atoms with Crippen LogP contribution in [0, 0.1) is 0 Å². The SMILES string of the molecule is COC(=O)C(CC(=O)c1ccc(OC)cc1)=NNc1nc(=O)[nH]c2ccccc12. The van der Waals surface area contributed by atoms with E-state index < -0.39 is 11.7 Å². The Labute approximate surface area is 165 Å². The number of hydrazone groups is 1. The largest absolute Gasteiger partial charge is 0.497 e. The van der Waals surface area contributed by atoms with Crippen LogP contribution < -0.4 is 15.9 Å². The van der Waals surface area contributed by atoms with Gasteiger partial charge in [-0.2, -0.15) is 10.1 Å². The second kappa shape index (κ2) is 8.79. The van der Waals surface area contributed by atoms with Crippen LogP contribution in [0.3, 0.4) is 0 Å². The summed E-state index contributed by atoms with van der Waals surface area (Å²) in [6, 6.07) is 13.5. The molecule has 0 aliphatic rings. The summed E-state index contributed by atoms with van der Waals surface area (Å²) in [5, 5.41) is 4.59. The molecule has 2 N–H and O–H groups in total. The zero-order chi connectivity index (χ0) is 20.8. The number of ether oxygens (including phenoxy) is 2. The molecule has 1 heterocycles. The minimum atomic E-state index is -0.770. The molecule has 3 aromatic rings. The average molecular weight is 394 g/mol. The summed E-state index contributed by atoms with van der Waals surface area (Å²) in [7, 11) is 2.72. The van der Waals surface area contributed by atoms with E-state index in [9.17, 15) is 14.4 Å². The molecule has 0 unspecified atom stereocenters. The third-order valence-electron chi connectivity index (χ3n) is 4.09. The van der Waals surface area contributed by atoms with E-state index in [4.69, 9.17) is 9.47 Å². The molecule has 0 spiro atoms. The van der Waals surface area contributed by atoms with Gasteiger partial charge in [0.2, 0.25) is 0 Å². The van der Waals surface area contributed by atoms with Crippen molar-refractivity contribution in [2.24, 2.45) is 5.10 Å². The van der Waals surface area contributed by atoms with Gasteiger partial charge in [-0.05, 0) is 36.4 Å². The van der Waals surface area contributed by atoms with Gasteiger partial charge in [-0.25, -0.2) is 9.59 Å². The Kier molecular flexibility index (Phi) is 5.98. The molecule has 29 heavy (non-hydrogen) atoms. The summed E-state index contributed by atoms with van der Waals surface area (Å²) in [5.41, 5.74) is 2.82. The van der Waals surface area contributed by atoms with E-state index in [0.717, 1.165) is 0 Å². The number of nitrogens with zero attached hydrogens (tertiary/aromatic N) is 2. The first-order valence-corrected chi connectivity index (χ1v) is 8.59. The Balaban J connectivity index is 1.87. The lowest BCUT2D eigenvalue weighted by Crippen LogP contribution is -2.22. The van der Waals surface area contributed by atoms with Crippen LogP contribution in [0.25, 0.3) is 10.9 Å². The highest BCUT2D eigenvalue weighted by atomic mass is 16.5. The van der Waals surface area contributed by atoms with Gasteiger partial charge < -0.3 is 14.5 Å². The maximum Gasteiger partial charge on any atom is 0.354 e. The van der Waals surface area contributed by atoms with E-state index in [1.165, 1.54) is 14.2 Å². The van der Waals surface area contributed by atoms with Crippen molar-refractivity contribution in [2.75, 3.05) is 19.6 Å². The Hall–Kier alpha value is -4.01. The topological polar surface area (TPSA) is 123 Å². The minimum absolute atomic E-state index is 0.153. The van der Waals surface area contributed by atoms with Crippen molar-refractivity contribution in [3.05, 3.63) is 64.6 Å². The molecular weight excluding hydrogens is 376 g/mol. The lowest BCUT2D eigenvalue weighted by Gasteiger charge is -2.07. The van der Waals surface area contributed by atoms with E-state index in [0.29, 0.717) is 22.2 Å². The molecule has 9 nitrogen and oxygen atoms in total. The molecule has 0 atom stereocenters. The number of aromatic amines is 1. The van der Waals surface area contributed by atoms with Crippen LogP contribution in [0.2, 0.25) is 0 Å². The molecule has 0 saturated heterocycles. The summed E-state index contributed by atoms with van der Waals surface area (Å²) in [6.07, 6.45) is -0.298. The van der Waals surface area contributed by atoms with Crippen LogP contribution in [0.4, 0.5) is 5.82 Å². The summed E-state index contributed by atoms with van der Waals surface area (Å²) >= 11 is 0. The molecule has 0 saturated carbocycles. The molecule has 3 rings (SSSR count). The molecule has 0 radical (unpaired) electrons. The van der Waals surface area contributed by atoms with Gasteiger partial charge in [-0.15, -0.1) is 0 Å². The van der Waals surface area contributed by atoms with Gasteiger partial charge in [0, 0.05) is 10.9 Å². The highest BCUT2D eigenvalue weighted by molar-refractivity contribution is 6.40. The highest BCUT2D eigenvalue weighted by Crippen LogP contribution is 2.17. The van der Waals surface area contributed by atoms with Gasteiger partial charge in [0.15, 0.2) is 17.3 Å². The number of Topliss-reactive ketones (excluding diaryl/α,β-unsaturated/α-hetero) is 1. The van der Waals surface area contributed by atoms with Crippen molar-refractivity contribution >= 4 is 34.2 Å². The number of carbonyl (C=O) groups is 2. The zero-order valence-corrected chi connectivity index (χ0v) is 15.8. The fraction of sp³-hybridized carbons (Fsp3) is 0.150. The number of benzene rings is 2. The van der Waals surface area contributed by atoms with Crippen molar-refractivity contribution in [1.29, 1.82) is 0 Å². The van der Waals surface area contributed by atoms with Crippen molar-refractivity contribution < 1.29 is 19.1 Å². The normalized spacial score (nSPS) is 11.2. The van der Waals surface area contributed by atoms with E-state index in [2.05, 4.69) is 20.5 Å². The smallest absolute Gasteiger partial charge is 0.354 e. The van der Waals surface area contributed by atoms with Crippen LogP contribution >= 0.6 is 0 Å². The van der Waals surface area contributed by atoms with E-state index >= 15 is 0 Å². The minimum Gasteiger partial charge on any atom is -0.497 e.